The van der Waals surface area contributed by atoms with Gasteiger partial charge in [-0.1, -0.05) is 4.73 Å². The van der Waals surface area contributed by atoms with Crippen LogP contribution >= 0.6 is 0 Å². The SMILES string of the molecule is O=C(N1CCOCC1)N1CCn2c(c(O)n(O)c2=O)C1. The summed E-state index contributed by atoms with van der Waals surface area (Å²) in [6, 6.07) is -0.142. The molecular formula is C11H16N4O5. The number of urea groups is 1. The van der Waals surface area contributed by atoms with E-state index in [9.17, 15) is 19.9 Å². The molecule has 20 heavy (non-hydrogen) atoms. The Balaban J connectivity index is 1.80. The summed E-state index contributed by atoms with van der Waals surface area (Å²) in [6.07, 6.45) is 0. The molecule has 9 heteroatoms. The fraction of sp³-hybridized carbons (Fsp3) is 0.636. The van der Waals surface area contributed by atoms with Gasteiger partial charge in [0.05, 0.1) is 19.8 Å². The third-order valence-electron chi connectivity index (χ3n) is 3.68. The number of aromatic nitrogens is 2. The van der Waals surface area contributed by atoms with Crippen molar-refractivity contribution in [2.24, 2.45) is 0 Å². The van der Waals surface area contributed by atoms with Crippen molar-refractivity contribution in [1.29, 1.82) is 0 Å². The van der Waals surface area contributed by atoms with E-state index in [4.69, 9.17) is 4.74 Å². The average molecular weight is 284 g/mol. The quantitative estimate of drug-likeness (QED) is 0.587. The van der Waals surface area contributed by atoms with Gasteiger partial charge in [0.15, 0.2) is 0 Å². The van der Waals surface area contributed by atoms with Crippen molar-refractivity contribution >= 4 is 6.03 Å². The molecule has 0 spiro atoms. The van der Waals surface area contributed by atoms with Crippen molar-refractivity contribution in [3.8, 4) is 5.88 Å². The molecule has 0 bridgehead atoms. The number of hydrogen-bond donors (Lipinski definition) is 2. The van der Waals surface area contributed by atoms with Crippen LogP contribution < -0.4 is 5.69 Å². The maximum absolute atomic E-state index is 12.3. The van der Waals surface area contributed by atoms with Crippen molar-refractivity contribution < 1.29 is 19.8 Å². The van der Waals surface area contributed by atoms with Crippen LogP contribution in [0.5, 0.6) is 5.88 Å². The maximum Gasteiger partial charge on any atom is 0.364 e. The fourth-order valence-electron chi connectivity index (χ4n) is 2.55. The smallest absolute Gasteiger partial charge is 0.364 e. The molecule has 0 aliphatic carbocycles. The van der Waals surface area contributed by atoms with Gasteiger partial charge < -0.3 is 24.9 Å². The zero-order chi connectivity index (χ0) is 14.3. The Hall–Kier alpha value is -2.16. The number of imidazole rings is 1. The number of aromatic hydroxyl groups is 1. The van der Waals surface area contributed by atoms with Gasteiger partial charge >= 0.3 is 11.7 Å². The number of carbonyl (C=O) groups excluding carboxylic acids is 1. The van der Waals surface area contributed by atoms with Gasteiger partial charge in [0.25, 0.3) is 5.88 Å². The first-order valence-corrected chi connectivity index (χ1v) is 6.44. The van der Waals surface area contributed by atoms with Gasteiger partial charge in [-0.15, -0.1) is 0 Å². The van der Waals surface area contributed by atoms with Crippen LogP contribution in [0, 0.1) is 0 Å². The van der Waals surface area contributed by atoms with E-state index in [1.807, 2.05) is 0 Å². The van der Waals surface area contributed by atoms with E-state index in [2.05, 4.69) is 0 Å². The summed E-state index contributed by atoms with van der Waals surface area (Å²) in [4.78, 5) is 27.2. The minimum Gasteiger partial charge on any atom is -0.491 e. The summed E-state index contributed by atoms with van der Waals surface area (Å²) in [5, 5.41) is 19.1. The molecule has 110 valence electrons. The predicted octanol–water partition coefficient (Wildman–Crippen LogP) is -1.14. The summed E-state index contributed by atoms with van der Waals surface area (Å²) in [5.74, 6) is -0.505. The molecule has 0 unspecified atom stereocenters. The number of carbonyl (C=O) groups is 1. The molecule has 1 saturated heterocycles. The highest BCUT2D eigenvalue weighted by Gasteiger charge is 2.30. The van der Waals surface area contributed by atoms with Crippen LogP contribution in [0.15, 0.2) is 4.79 Å². The van der Waals surface area contributed by atoms with Crippen molar-refractivity contribution in [1.82, 2.24) is 19.1 Å². The van der Waals surface area contributed by atoms with E-state index < -0.39 is 11.6 Å². The van der Waals surface area contributed by atoms with Gasteiger partial charge in [0, 0.05) is 26.2 Å². The number of nitrogens with zero attached hydrogens (tertiary/aromatic N) is 4. The molecule has 3 rings (SSSR count). The van der Waals surface area contributed by atoms with Gasteiger partial charge in [-0.25, -0.2) is 9.59 Å². The highest BCUT2D eigenvalue weighted by atomic mass is 16.5. The van der Waals surface area contributed by atoms with E-state index in [-0.39, 0.29) is 29.5 Å². The molecule has 0 saturated carbocycles. The van der Waals surface area contributed by atoms with Crippen LogP contribution in [0.4, 0.5) is 4.79 Å². The number of amides is 2. The Morgan fingerprint density at radius 1 is 1.10 bits per heavy atom. The minimum absolute atomic E-state index is 0.102. The molecular weight excluding hydrogens is 268 g/mol. The van der Waals surface area contributed by atoms with E-state index in [0.717, 1.165) is 0 Å². The predicted molar refractivity (Wildman–Crippen MR) is 65.7 cm³/mol. The molecule has 0 radical (unpaired) electrons. The second-order valence-electron chi connectivity index (χ2n) is 4.82. The first-order valence-electron chi connectivity index (χ1n) is 6.44. The fourth-order valence-corrected chi connectivity index (χ4v) is 2.55. The van der Waals surface area contributed by atoms with Gasteiger partial charge in [-0.2, -0.15) is 0 Å². The minimum atomic E-state index is -0.684. The average Bonchev–Trinajstić information content (AvgIpc) is 2.72. The second kappa shape index (κ2) is 4.75. The number of ether oxygens (including phenoxy) is 1. The Morgan fingerprint density at radius 2 is 1.80 bits per heavy atom. The highest BCUT2D eigenvalue weighted by Crippen LogP contribution is 2.21. The zero-order valence-corrected chi connectivity index (χ0v) is 10.9. The first-order chi connectivity index (χ1) is 9.59. The molecule has 9 nitrogen and oxygen atoms in total. The summed E-state index contributed by atoms with van der Waals surface area (Å²) < 4.78 is 6.68. The lowest BCUT2D eigenvalue weighted by Crippen LogP contribution is -2.50. The standard InChI is InChI=1S/C11H16N4O5/c16-9-8-7-13(1-2-14(8)11(18)15(9)19)10(17)12-3-5-20-6-4-12/h16,19H,1-7H2. The number of fused-ring (bicyclic) bond motifs is 1. The summed E-state index contributed by atoms with van der Waals surface area (Å²) in [6.45, 7) is 2.83. The van der Waals surface area contributed by atoms with Crippen molar-refractivity contribution in [2.45, 2.75) is 13.1 Å². The van der Waals surface area contributed by atoms with Crippen LogP contribution in [0.2, 0.25) is 0 Å². The summed E-state index contributed by atoms with van der Waals surface area (Å²) in [5.41, 5.74) is -0.429. The Bertz CT molecular complexity index is 586. The zero-order valence-electron chi connectivity index (χ0n) is 10.9. The molecule has 1 fully saturated rings. The molecule has 0 aromatic carbocycles. The Labute approximate surface area is 114 Å². The molecule has 1 aromatic heterocycles. The first kappa shape index (κ1) is 12.9. The van der Waals surface area contributed by atoms with Crippen molar-refractivity contribution in [3.05, 3.63) is 16.2 Å². The third kappa shape index (κ3) is 1.90. The van der Waals surface area contributed by atoms with E-state index in [1.165, 1.54) is 4.57 Å². The van der Waals surface area contributed by atoms with Crippen LogP contribution in [-0.2, 0) is 17.8 Å². The molecule has 2 N–H and O–H groups in total. The van der Waals surface area contributed by atoms with Gasteiger partial charge in [0.1, 0.15) is 5.69 Å². The van der Waals surface area contributed by atoms with Crippen LogP contribution in [0.25, 0.3) is 0 Å². The lowest BCUT2D eigenvalue weighted by molar-refractivity contribution is 0.0408. The highest BCUT2D eigenvalue weighted by molar-refractivity contribution is 5.74. The Morgan fingerprint density at radius 3 is 2.50 bits per heavy atom. The normalized spacial score (nSPS) is 19.0. The van der Waals surface area contributed by atoms with E-state index >= 15 is 0 Å². The number of morpholine rings is 1. The second-order valence-corrected chi connectivity index (χ2v) is 4.82. The van der Waals surface area contributed by atoms with E-state index in [1.54, 1.807) is 9.80 Å². The van der Waals surface area contributed by atoms with Gasteiger partial charge in [-0.05, 0) is 0 Å². The van der Waals surface area contributed by atoms with Gasteiger partial charge in [-0.3, -0.25) is 4.57 Å². The molecule has 2 aliphatic rings. The van der Waals surface area contributed by atoms with Crippen LogP contribution in [0.3, 0.4) is 0 Å². The van der Waals surface area contributed by atoms with Crippen LogP contribution in [-0.4, -0.2) is 68.3 Å². The maximum atomic E-state index is 12.3. The van der Waals surface area contributed by atoms with E-state index in [0.29, 0.717) is 32.8 Å². The molecule has 0 atom stereocenters. The molecule has 2 amide bonds. The van der Waals surface area contributed by atoms with Gasteiger partial charge in [0.2, 0.25) is 0 Å². The van der Waals surface area contributed by atoms with Crippen molar-refractivity contribution in [2.75, 3.05) is 32.8 Å². The number of rotatable bonds is 0. The summed E-state index contributed by atoms with van der Waals surface area (Å²) in [7, 11) is 0. The topological polar surface area (TPSA) is 100 Å². The molecule has 1 aromatic rings. The largest absolute Gasteiger partial charge is 0.491 e. The third-order valence-corrected chi connectivity index (χ3v) is 3.68. The lowest BCUT2D eigenvalue weighted by atomic mass is 10.3. The summed E-state index contributed by atoms with van der Waals surface area (Å²) >= 11 is 0. The number of hydrogen-bond acceptors (Lipinski definition) is 5. The molecule has 2 aliphatic heterocycles. The monoisotopic (exact) mass is 284 g/mol. The molecule has 3 heterocycles. The Kier molecular flexibility index (Phi) is 3.05. The lowest BCUT2D eigenvalue weighted by Gasteiger charge is -2.34. The van der Waals surface area contributed by atoms with Crippen molar-refractivity contribution in [3.63, 3.8) is 0 Å². The van der Waals surface area contributed by atoms with Crippen LogP contribution in [0.1, 0.15) is 5.69 Å².